The Hall–Kier alpha value is -0.830. The van der Waals surface area contributed by atoms with Crippen LogP contribution in [-0.4, -0.2) is 24.2 Å². The summed E-state index contributed by atoms with van der Waals surface area (Å²) in [6, 6.07) is 0. The van der Waals surface area contributed by atoms with Crippen molar-refractivity contribution in [3.63, 3.8) is 0 Å². The number of carbonyl (C=O) groups is 1. The molecule has 0 spiro atoms. The Labute approximate surface area is 169 Å². The van der Waals surface area contributed by atoms with Crippen LogP contribution < -0.4 is 5.32 Å². The summed E-state index contributed by atoms with van der Waals surface area (Å²) in [6.07, 6.45) is 26.4. The molecule has 0 bridgehead atoms. The minimum Gasteiger partial charge on any atom is -0.396 e. The second-order valence-corrected chi connectivity index (χ2v) is 7.82. The van der Waals surface area contributed by atoms with E-state index in [1.54, 1.807) is 0 Å². The van der Waals surface area contributed by atoms with Gasteiger partial charge in [-0.05, 0) is 44.9 Å². The Kier molecular flexibility index (Phi) is 22.5. The van der Waals surface area contributed by atoms with E-state index in [1.807, 2.05) is 0 Å². The summed E-state index contributed by atoms with van der Waals surface area (Å²) >= 11 is 0. The number of aliphatic hydroxyl groups excluding tert-OH is 1. The van der Waals surface area contributed by atoms with E-state index < -0.39 is 0 Å². The van der Waals surface area contributed by atoms with Gasteiger partial charge >= 0.3 is 0 Å². The van der Waals surface area contributed by atoms with Crippen LogP contribution in [0.3, 0.4) is 0 Å². The molecule has 0 rings (SSSR count). The summed E-state index contributed by atoms with van der Waals surface area (Å²) in [5.74, 6) is 0.167. The minimum absolute atomic E-state index is 0.167. The fraction of sp³-hybridized carbons (Fsp3) is 0.875. The van der Waals surface area contributed by atoms with Crippen LogP contribution in [0.4, 0.5) is 0 Å². The van der Waals surface area contributed by atoms with E-state index >= 15 is 0 Å². The van der Waals surface area contributed by atoms with Crippen molar-refractivity contribution in [3.8, 4) is 0 Å². The van der Waals surface area contributed by atoms with E-state index in [9.17, 15) is 4.79 Å². The molecule has 0 aliphatic heterocycles. The third-order valence-corrected chi connectivity index (χ3v) is 5.07. The van der Waals surface area contributed by atoms with Gasteiger partial charge < -0.3 is 10.4 Å². The van der Waals surface area contributed by atoms with Gasteiger partial charge in [-0.2, -0.15) is 0 Å². The number of aliphatic hydroxyl groups is 1. The van der Waals surface area contributed by atoms with E-state index in [2.05, 4.69) is 24.4 Å². The van der Waals surface area contributed by atoms with E-state index in [0.717, 1.165) is 32.2 Å². The molecule has 0 atom stereocenters. The summed E-state index contributed by atoms with van der Waals surface area (Å²) in [4.78, 5) is 11.6. The first kappa shape index (κ1) is 26.2. The molecule has 0 heterocycles. The lowest BCUT2D eigenvalue weighted by molar-refractivity contribution is -0.121. The normalized spacial score (nSPS) is 11.3. The molecule has 0 fully saturated rings. The first-order chi connectivity index (χ1) is 13.3. The van der Waals surface area contributed by atoms with Crippen LogP contribution in [0.1, 0.15) is 122 Å². The molecule has 0 radical (unpaired) electrons. The second kappa shape index (κ2) is 23.2. The van der Waals surface area contributed by atoms with E-state index in [-0.39, 0.29) is 12.5 Å². The van der Waals surface area contributed by atoms with Crippen LogP contribution in [-0.2, 0) is 4.79 Å². The highest BCUT2D eigenvalue weighted by Gasteiger charge is 2.00. The van der Waals surface area contributed by atoms with Gasteiger partial charge in [0, 0.05) is 19.6 Å². The summed E-state index contributed by atoms with van der Waals surface area (Å²) in [5, 5.41) is 11.7. The highest BCUT2D eigenvalue weighted by atomic mass is 16.2. The van der Waals surface area contributed by atoms with Crippen molar-refractivity contribution in [3.05, 3.63) is 12.2 Å². The van der Waals surface area contributed by atoms with Gasteiger partial charge in [0.05, 0.1) is 0 Å². The van der Waals surface area contributed by atoms with Crippen molar-refractivity contribution in [2.24, 2.45) is 0 Å². The standard InChI is InChI=1S/C24H47NO2/c1-2-3-4-5-6-7-8-9-10-11-12-13-14-15-16-19-22-25-24(27)21-18-17-20-23-26/h9-10,26H,2-8,11-23H2,1H3,(H,25,27)/b10-9-. The lowest BCUT2D eigenvalue weighted by atomic mass is 10.1. The Bertz CT molecular complexity index is 328. The van der Waals surface area contributed by atoms with Crippen molar-refractivity contribution >= 4 is 5.91 Å². The molecule has 0 aliphatic rings. The SMILES string of the molecule is CCCCCCCC/C=C\CCCCCCCCNC(=O)CCCCCO. The molecule has 0 aromatic carbocycles. The van der Waals surface area contributed by atoms with Gasteiger partial charge in [-0.15, -0.1) is 0 Å². The van der Waals surface area contributed by atoms with E-state index in [1.165, 1.54) is 83.5 Å². The van der Waals surface area contributed by atoms with E-state index in [4.69, 9.17) is 5.11 Å². The zero-order chi connectivity index (χ0) is 19.8. The maximum absolute atomic E-state index is 11.6. The highest BCUT2D eigenvalue weighted by molar-refractivity contribution is 5.75. The number of amides is 1. The Balaban J connectivity index is 3.16. The predicted octanol–water partition coefficient (Wildman–Crippen LogP) is 6.69. The van der Waals surface area contributed by atoms with Crippen molar-refractivity contribution in [2.75, 3.05) is 13.2 Å². The quantitative estimate of drug-likeness (QED) is 0.172. The molecule has 0 aromatic heterocycles. The fourth-order valence-electron chi connectivity index (χ4n) is 3.26. The van der Waals surface area contributed by atoms with Gasteiger partial charge in [0.25, 0.3) is 0 Å². The summed E-state index contributed by atoms with van der Waals surface area (Å²) < 4.78 is 0. The molecule has 3 nitrogen and oxygen atoms in total. The van der Waals surface area contributed by atoms with Gasteiger partial charge in [0.2, 0.25) is 5.91 Å². The number of rotatable bonds is 21. The molecule has 3 heteroatoms. The van der Waals surface area contributed by atoms with Gasteiger partial charge in [-0.1, -0.05) is 83.3 Å². The molecule has 0 saturated heterocycles. The number of hydrogen-bond acceptors (Lipinski definition) is 2. The number of allylic oxidation sites excluding steroid dienone is 2. The molecule has 0 unspecified atom stereocenters. The summed E-state index contributed by atoms with van der Waals surface area (Å²) in [5.41, 5.74) is 0. The Morgan fingerprint density at radius 2 is 1.22 bits per heavy atom. The summed E-state index contributed by atoms with van der Waals surface area (Å²) in [7, 11) is 0. The molecule has 0 aromatic rings. The van der Waals surface area contributed by atoms with Crippen LogP contribution in [0.25, 0.3) is 0 Å². The maximum atomic E-state index is 11.6. The average molecular weight is 382 g/mol. The van der Waals surface area contributed by atoms with Crippen LogP contribution in [0.5, 0.6) is 0 Å². The monoisotopic (exact) mass is 381 g/mol. The molecule has 160 valence electrons. The molecule has 0 saturated carbocycles. The van der Waals surface area contributed by atoms with Gasteiger partial charge in [-0.3, -0.25) is 4.79 Å². The first-order valence-electron chi connectivity index (χ1n) is 11.8. The number of unbranched alkanes of at least 4 members (excludes halogenated alkanes) is 14. The smallest absolute Gasteiger partial charge is 0.219 e. The molecular weight excluding hydrogens is 334 g/mol. The van der Waals surface area contributed by atoms with Crippen molar-refractivity contribution < 1.29 is 9.90 Å². The molecule has 0 aliphatic carbocycles. The molecule has 2 N–H and O–H groups in total. The fourth-order valence-corrected chi connectivity index (χ4v) is 3.26. The second-order valence-electron chi connectivity index (χ2n) is 7.82. The lowest BCUT2D eigenvalue weighted by Crippen LogP contribution is -2.23. The predicted molar refractivity (Wildman–Crippen MR) is 118 cm³/mol. The first-order valence-corrected chi connectivity index (χ1v) is 11.8. The van der Waals surface area contributed by atoms with Crippen molar-refractivity contribution in [1.82, 2.24) is 5.32 Å². The Morgan fingerprint density at radius 1 is 0.704 bits per heavy atom. The third kappa shape index (κ3) is 23.1. The molecule has 27 heavy (non-hydrogen) atoms. The average Bonchev–Trinajstić information content (AvgIpc) is 2.67. The van der Waals surface area contributed by atoms with Crippen molar-refractivity contribution in [2.45, 2.75) is 122 Å². The molecular formula is C24H47NO2. The highest BCUT2D eigenvalue weighted by Crippen LogP contribution is 2.09. The van der Waals surface area contributed by atoms with Crippen LogP contribution in [0.15, 0.2) is 12.2 Å². The number of nitrogens with one attached hydrogen (secondary N) is 1. The minimum atomic E-state index is 0.167. The van der Waals surface area contributed by atoms with Gasteiger partial charge in [0.1, 0.15) is 0 Å². The third-order valence-electron chi connectivity index (χ3n) is 5.07. The van der Waals surface area contributed by atoms with Gasteiger partial charge in [-0.25, -0.2) is 0 Å². The zero-order valence-corrected chi connectivity index (χ0v) is 18.2. The van der Waals surface area contributed by atoms with Gasteiger partial charge in [0.15, 0.2) is 0 Å². The van der Waals surface area contributed by atoms with Crippen LogP contribution in [0.2, 0.25) is 0 Å². The Morgan fingerprint density at radius 3 is 1.81 bits per heavy atom. The van der Waals surface area contributed by atoms with Crippen molar-refractivity contribution in [1.29, 1.82) is 0 Å². The zero-order valence-electron chi connectivity index (χ0n) is 18.2. The summed E-state index contributed by atoms with van der Waals surface area (Å²) in [6.45, 7) is 3.32. The largest absolute Gasteiger partial charge is 0.396 e. The van der Waals surface area contributed by atoms with E-state index in [0.29, 0.717) is 6.42 Å². The molecule has 1 amide bonds. The lowest BCUT2D eigenvalue weighted by Gasteiger charge is -2.05. The van der Waals surface area contributed by atoms with Crippen LogP contribution >= 0.6 is 0 Å². The number of hydrogen-bond donors (Lipinski definition) is 2. The van der Waals surface area contributed by atoms with Crippen LogP contribution in [0, 0.1) is 0 Å². The topological polar surface area (TPSA) is 49.3 Å². The number of carbonyl (C=O) groups excluding carboxylic acids is 1. The maximum Gasteiger partial charge on any atom is 0.219 e.